The predicted octanol–water partition coefficient (Wildman–Crippen LogP) is 0.465. The Morgan fingerprint density at radius 2 is 1.05 bits per heavy atom. The maximum atomic E-state index is 11.2. The van der Waals surface area contributed by atoms with Crippen molar-refractivity contribution in [1.82, 2.24) is 0 Å². The molecule has 0 unspecified atom stereocenters. The summed E-state index contributed by atoms with van der Waals surface area (Å²) >= 11 is 0. The summed E-state index contributed by atoms with van der Waals surface area (Å²) in [5.74, 6) is -1.42. The summed E-state index contributed by atoms with van der Waals surface area (Å²) in [6.07, 6.45) is -2.37. The number of carbonyl (C=O) groups excluding carboxylic acids is 2. The number of unbranched alkanes of at least 4 members (excludes halogenated alkanes) is 1. The van der Waals surface area contributed by atoms with E-state index in [9.17, 15) is 9.59 Å². The third kappa shape index (κ3) is 7.27. The Kier molecular flexibility index (Phi) is 8.35. The van der Waals surface area contributed by atoms with Gasteiger partial charge in [-0.05, 0) is 12.8 Å². The Morgan fingerprint density at radius 1 is 0.750 bits per heavy atom. The van der Waals surface area contributed by atoms with Crippen LogP contribution in [0.15, 0.2) is 0 Å². The van der Waals surface area contributed by atoms with E-state index in [0.29, 0.717) is 12.8 Å². The Morgan fingerprint density at radius 3 is 1.30 bits per heavy atom. The fourth-order valence-electron chi connectivity index (χ4n) is 1.08. The highest BCUT2D eigenvalue weighted by molar-refractivity contribution is 5.71. The van der Waals surface area contributed by atoms with Crippen LogP contribution in [0.5, 0.6) is 0 Å². The van der Waals surface area contributed by atoms with Crippen LogP contribution >= 0.6 is 0 Å². The fourth-order valence-corrected chi connectivity index (χ4v) is 1.08. The topological polar surface area (TPSA) is 148 Å². The molecular weight excluding hydrogens is 264 g/mol. The molecule has 0 atom stereocenters. The maximum Gasteiger partial charge on any atom is 0.307 e. The van der Waals surface area contributed by atoms with Gasteiger partial charge in [0.15, 0.2) is 0 Å². The molecule has 0 bridgehead atoms. The van der Waals surface area contributed by atoms with Crippen LogP contribution in [0.3, 0.4) is 0 Å². The molecule has 20 heavy (non-hydrogen) atoms. The summed E-state index contributed by atoms with van der Waals surface area (Å²) in [4.78, 5) is 22.3. The van der Waals surface area contributed by atoms with E-state index in [-0.39, 0.29) is 12.8 Å². The average Bonchev–Trinajstić information content (AvgIpc) is 2.46. The number of ether oxygens (including phenoxy) is 2. The molecule has 102 valence electrons. The molecule has 0 aliphatic heterocycles. The summed E-state index contributed by atoms with van der Waals surface area (Å²) in [7, 11) is 0. The Balaban J connectivity index is 3.83. The van der Waals surface area contributed by atoms with Crippen molar-refractivity contribution >= 4 is 11.9 Å². The quantitative estimate of drug-likeness (QED) is 0.480. The molecule has 0 rings (SSSR count). The number of nitrogens with zero attached hydrogens (tertiary/aromatic N) is 4. The Bertz CT molecular complexity index is 442. The lowest BCUT2D eigenvalue weighted by Gasteiger charge is -2.05. The SMILES string of the molecule is N#CC(C#N)OC(=O)CCCCC(=O)OC(C#N)C#N. The van der Waals surface area contributed by atoms with Gasteiger partial charge in [-0.25, -0.2) is 0 Å². The lowest BCUT2D eigenvalue weighted by Crippen LogP contribution is -2.15. The molecule has 8 heteroatoms. The molecule has 0 heterocycles. The smallest absolute Gasteiger partial charge is 0.307 e. The third-order valence-corrected chi connectivity index (χ3v) is 1.98. The lowest BCUT2D eigenvalue weighted by atomic mass is 10.2. The van der Waals surface area contributed by atoms with Crippen molar-refractivity contribution in [3.63, 3.8) is 0 Å². The van der Waals surface area contributed by atoms with Crippen molar-refractivity contribution in [2.24, 2.45) is 0 Å². The first kappa shape index (κ1) is 16.9. The fraction of sp³-hybridized carbons (Fsp3) is 0.500. The monoisotopic (exact) mass is 274 g/mol. The molecule has 0 saturated heterocycles. The molecule has 0 saturated carbocycles. The number of hydrogen-bond acceptors (Lipinski definition) is 8. The van der Waals surface area contributed by atoms with Crippen molar-refractivity contribution in [1.29, 1.82) is 21.0 Å². The second kappa shape index (κ2) is 9.88. The number of hydrogen-bond donors (Lipinski definition) is 0. The van der Waals surface area contributed by atoms with E-state index in [2.05, 4.69) is 9.47 Å². The summed E-state index contributed by atoms with van der Waals surface area (Å²) < 4.78 is 8.98. The van der Waals surface area contributed by atoms with Gasteiger partial charge in [0.25, 0.3) is 12.2 Å². The predicted molar refractivity (Wildman–Crippen MR) is 60.7 cm³/mol. The van der Waals surface area contributed by atoms with E-state index in [0.717, 1.165) is 0 Å². The van der Waals surface area contributed by atoms with Crippen molar-refractivity contribution in [2.75, 3.05) is 0 Å². The molecule has 8 nitrogen and oxygen atoms in total. The molecule has 0 fully saturated rings. The minimum absolute atomic E-state index is 0.0485. The maximum absolute atomic E-state index is 11.2. The molecule has 0 radical (unpaired) electrons. The summed E-state index contributed by atoms with van der Waals surface area (Å²) in [5, 5.41) is 33.5. The first-order chi connectivity index (χ1) is 9.57. The Hall–Kier alpha value is -3.10. The molecule has 0 aliphatic rings. The van der Waals surface area contributed by atoms with Gasteiger partial charge < -0.3 is 9.47 Å². The average molecular weight is 274 g/mol. The summed E-state index contributed by atoms with van der Waals surface area (Å²) in [5.41, 5.74) is 0. The molecule has 0 aromatic carbocycles. The second-order valence-corrected chi connectivity index (χ2v) is 3.46. The van der Waals surface area contributed by atoms with Crippen LogP contribution in [0, 0.1) is 45.3 Å². The van der Waals surface area contributed by atoms with E-state index < -0.39 is 24.1 Å². The molecule has 0 amide bonds. The number of esters is 2. The second-order valence-electron chi connectivity index (χ2n) is 3.46. The normalized spacial score (nSPS) is 8.90. The van der Waals surface area contributed by atoms with Crippen LogP contribution in [0.1, 0.15) is 25.7 Å². The molecule has 0 spiro atoms. The molecule has 0 aromatic rings. The summed E-state index contributed by atoms with van der Waals surface area (Å²) in [6.45, 7) is 0. The van der Waals surface area contributed by atoms with E-state index in [1.807, 2.05) is 0 Å². The van der Waals surface area contributed by atoms with Gasteiger partial charge in [-0.2, -0.15) is 21.0 Å². The van der Waals surface area contributed by atoms with Gasteiger partial charge in [0.2, 0.25) is 0 Å². The minimum Gasteiger partial charge on any atom is -0.432 e. The molecule has 0 N–H and O–H groups in total. The molecule has 0 aromatic heterocycles. The zero-order valence-electron chi connectivity index (χ0n) is 10.4. The molecule has 0 aliphatic carbocycles. The van der Waals surface area contributed by atoms with Crippen molar-refractivity contribution in [3.05, 3.63) is 0 Å². The number of carbonyl (C=O) groups is 2. The van der Waals surface area contributed by atoms with Gasteiger partial charge in [0.1, 0.15) is 24.3 Å². The summed E-state index contributed by atoms with van der Waals surface area (Å²) in [6, 6.07) is 5.94. The first-order valence-corrected chi connectivity index (χ1v) is 5.54. The van der Waals surface area contributed by atoms with Crippen LogP contribution in [0.25, 0.3) is 0 Å². The van der Waals surface area contributed by atoms with Gasteiger partial charge in [-0.3, -0.25) is 9.59 Å². The van der Waals surface area contributed by atoms with Crippen molar-refractivity contribution in [3.8, 4) is 24.3 Å². The molecular formula is C12H10N4O4. The van der Waals surface area contributed by atoms with Crippen LogP contribution in [0.4, 0.5) is 0 Å². The zero-order chi connectivity index (χ0) is 15.4. The first-order valence-electron chi connectivity index (χ1n) is 5.54. The number of nitriles is 4. The van der Waals surface area contributed by atoms with E-state index >= 15 is 0 Å². The minimum atomic E-state index is -1.43. The van der Waals surface area contributed by atoms with Gasteiger partial charge in [-0.1, -0.05) is 0 Å². The lowest BCUT2D eigenvalue weighted by molar-refractivity contribution is -0.146. The van der Waals surface area contributed by atoms with Crippen LogP contribution in [-0.2, 0) is 19.1 Å². The van der Waals surface area contributed by atoms with E-state index in [1.165, 1.54) is 24.3 Å². The Labute approximate surface area is 115 Å². The zero-order valence-corrected chi connectivity index (χ0v) is 10.4. The largest absolute Gasteiger partial charge is 0.432 e. The van der Waals surface area contributed by atoms with Crippen LogP contribution < -0.4 is 0 Å². The number of rotatable bonds is 7. The van der Waals surface area contributed by atoms with Gasteiger partial charge in [0.05, 0.1) is 0 Å². The van der Waals surface area contributed by atoms with Gasteiger partial charge in [0, 0.05) is 12.8 Å². The van der Waals surface area contributed by atoms with E-state index in [1.54, 1.807) is 0 Å². The van der Waals surface area contributed by atoms with Gasteiger partial charge in [-0.15, -0.1) is 0 Å². The highest BCUT2D eigenvalue weighted by Gasteiger charge is 2.14. The van der Waals surface area contributed by atoms with Gasteiger partial charge >= 0.3 is 11.9 Å². The highest BCUT2D eigenvalue weighted by Crippen LogP contribution is 2.05. The highest BCUT2D eigenvalue weighted by atomic mass is 16.5. The van der Waals surface area contributed by atoms with Crippen molar-refractivity contribution in [2.45, 2.75) is 37.9 Å². The van der Waals surface area contributed by atoms with Crippen LogP contribution in [-0.4, -0.2) is 24.1 Å². The van der Waals surface area contributed by atoms with Crippen molar-refractivity contribution < 1.29 is 19.1 Å². The van der Waals surface area contributed by atoms with Crippen LogP contribution in [0.2, 0.25) is 0 Å². The standard InChI is InChI=1S/C12H10N4O4/c13-5-9(6-14)19-11(17)3-1-2-4-12(18)20-10(7-15)8-16/h9-10H,1-4H2. The third-order valence-electron chi connectivity index (χ3n) is 1.98. The van der Waals surface area contributed by atoms with E-state index in [4.69, 9.17) is 21.0 Å².